The second-order valence-electron chi connectivity index (χ2n) is 20.1. The fourth-order valence-electron chi connectivity index (χ4n) is 11.2. The summed E-state index contributed by atoms with van der Waals surface area (Å²) in [6.07, 6.45) is 6.41. The van der Waals surface area contributed by atoms with Crippen LogP contribution in [0.5, 0.6) is 11.5 Å². The number of hydrogen-bond acceptors (Lipinski definition) is 10. The maximum atomic E-state index is 17.0. The number of rotatable bonds is 11. The first-order valence-electron chi connectivity index (χ1n) is 24.6. The number of aromatic nitrogens is 5. The average Bonchev–Trinajstić information content (AvgIpc) is 4.03. The topological polar surface area (TPSA) is 198 Å². The molecule has 4 aliphatic heterocycles. The van der Waals surface area contributed by atoms with Crippen LogP contribution >= 0.6 is 0 Å². The predicted octanol–water partition coefficient (Wildman–Crippen LogP) is 8.58. The average molecular weight is 968 g/mol. The van der Waals surface area contributed by atoms with Crippen LogP contribution in [0.4, 0.5) is 14.0 Å². The smallest absolute Gasteiger partial charge is 0.407 e. The van der Waals surface area contributed by atoms with E-state index in [1.54, 1.807) is 17.3 Å². The van der Waals surface area contributed by atoms with E-state index in [2.05, 4.69) is 38.8 Å². The molecule has 3 fully saturated rings. The number of fused-ring (bicyclic) bond motifs is 7. The fourth-order valence-corrected chi connectivity index (χ4v) is 11.2. The molecule has 3 aromatic heterocycles. The van der Waals surface area contributed by atoms with E-state index in [-0.39, 0.29) is 41.8 Å². The largest absolute Gasteiger partial charge is 0.493 e. The van der Waals surface area contributed by atoms with Crippen molar-refractivity contribution in [2.75, 3.05) is 27.4 Å². The number of nitrogens with zero attached hydrogens (tertiary/aromatic N) is 5. The standard InChI is InChI=1S/C53H58FN9O8/c1-26(2)45(59-52(66)68-5)49(64)61-15-7-10-38(61)47-55-25-36(58-47)31-18-34(54)44-40-20-32-17-29(13-14-37(32)63(40)51(71-43(44)23-31)30-12-11-28-9-8-16-70-42(28)22-30)35-24-56-48(57-35)41-21-33-19-39(33)62(41)50(65)46(27(3)4)60-53(67)69-6/h11-14,17-18,20,22-27,33,38-39,41,45-46,51H,7-10,15-16,19,21H2,1-6H3,(H,55,58)(H,56,57)(H,59,66)(H,60,67)/t33-,38+,39-,41+,45-,46-,51?/m1/s1. The van der Waals surface area contributed by atoms with E-state index in [4.69, 9.17) is 28.9 Å². The SMILES string of the molecule is COC(=O)N[C@@H](C(=O)N1CCC[C@H]1c1ncc(-c2cc(F)c3c(c2)OC(c2ccc4c(c2)OCCC4)n2c-3cc3cc(-c4cnc([C@@H]5C[C@H]6C[C@H]6N5C(=O)[C@H](NC(=O)OC)C(C)C)[nH]4)ccc32)[nH]1)C(C)C. The lowest BCUT2D eigenvalue weighted by molar-refractivity contribution is -0.137. The molecular formula is C53H58FN9O8. The van der Waals surface area contributed by atoms with Crippen LogP contribution in [0.25, 0.3) is 44.7 Å². The first kappa shape index (κ1) is 46.0. The zero-order chi connectivity index (χ0) is 49.4. The Morgan fingerprint density at radius 2 is 1.49 bits per heavy atom. The van der Waals surface area contributed by atoms with Gasteiger partial charge in [0.25, 0.3) is 0 Å². The molecule has 7 atom stereocenters. The van der Waals surface area contributed by atoms with Crippen LogP contribution in [0.15, 0.2) is 67.0 Å². The minimum Gasteiger partial charge on any atom is -0.493 e. The fraction of sp³-hybridized carbons (Fsp3) is 0.434. The van der Waals surface area contributed by atoms with Crippen molar-refractivity contribution in [2.45, 2.75) is 103 Å². The number of aryl methyl sites for hydroxylation is 1. The number of carbonyl (C=O) groups excluding carboxylic acids is 4. The molecule has 0 radical (unpaired) electrons. The molecule has 0 spiro atoms. The summed E-state index contributed by atoms with van der Waals surface area (Å²) < 4.78 is 41.8. The highest BCUT2D eigenvalue weighted by atomic mass is 19.1. The molecule has 4 N–H and O–H groups in total. The summed E-state index contributed by atoms with van der Waals surface area (Å²) in [7, 11) is 2.56. The third-order valence-electron chi connectivity index (χ3n) is 15.0. The van der Waals surface area contributed by atoms with E-state index in [1.807, 2.05) is 67.5 Å². The highest BCUT2D eigenvalue weighted by Gasteiger charge is 2.56. The number of methoxy groups -OCH3 is 2. The molecule has 71 heavy (non-hydrogen) atoms. The lowest BCUT2D eigenvalue weighted by atomic mass is 10.0. The van der Waals surface area contributed by atoms with Gasteiger partial charge in [0.15, 0.2) is 0 Å². The lowest BCUT2D eigenvalue weighted by Crippen LogP contribution is -2.52. The van der Waals surface area contributed by atoms with Crippen LogP contribution < -0.4 is 20.1 Å². The Bertz CT molecular complexity index is 3090. The Balaban J connectivity index is 0.924. The summed E-state index contributed by atoms with van der Waals surface area (Å²) in [5, 5.41) is 6.29. The van der Waals surface area contributed by atoms with Crippen LogP contribution in [-0.2, 0) is 25.5 Å². The van der Waals surface area contributed by atoms with E-state index < -0.39 is 36.3 Å². The Morgan fingerprint density at radius 3 is 2.21 bits per heavy atom. The van der Waals surface area contributed by atoms with Crippen LogP contribution in [0.3, 0.4) is 0 Å². The van der Waals surface area contributed by atoms with Crippen molar-refractivity contribution in [3.8, 4) is 45.3 Å². The highest BCUT2D eigenvalue weighted by Crippen LogP contribution is 2.54. The maximum absolute atomic E-state index is 17.0. The van der Waals surface area contributed by atoms with E-state index >= 15 is 4.39 Å². The lowest BCUT2D eigenvalue weighted by Gasteiger charge is -2.32. The maximum Gasteiger partial charge on any atom is 0.407 e. The number of likely N-dealkylation sites (tertiary alicyclic amines) is 2. The van der Waals surface area contributed by atoms with Crippen molar-refractivity contribution < 1.29 is 42.5 Å². The van der Waals surface area contributed by atoms with Gasteiger partial charge in [0, 0.05) is 34.7 Å². The van der Waals surface area contributed by atoms with Crippen molar-refractivity contribution in [1.82, 2.24) is 44.9 Å². The number of ether oxygens (including phenoxy) is 4. The molecule has 6 aromatic rings. The van der Waals surface area contributed by atoms with Gasteiger partial charge in [0.1, 0.15) is 41.0 Å². The van der Waals surface area contributed by atoms with Crippen LogP contribution in [0.1, 0.15) is 101 Å². The molecule has 1 saturated carbocycles. The first-order chi connectivity index (χ1) is 34.3. The zero-order valence-corrected chi connectivity index (χ0v) is 40.6. The minimum absolute atomic E-state index is 0.0981. The molecule has 4 amide bonds. The molecule has 370 valence electrons. The molecule has 7 heterocycles. The van der Waals surface area contributed by atoms with Crippen molar-refractivity contribution in [2.24, 2.45) is 17.8 Å². The van der Waals surface area contributed by atoms with Crippen molar-refractivity contribution >= 4 is 34.9 Å². The second-order valence-corrected chi connectivity index (χ2v) is 20.1. The number of imidazole rings is 2. The molecule has 2 saturated heterocycles. The Hall–Kier alpha value is -7.37. The summed E-state index contributed by atoms with van der Waals surface area (Å²) in [4.78, 5) is 72.4. The molecular weight excluding hydrogens is 910 g/mol. The predicted molar refractivity (Wildman–Crippen MR) is 260 cm³/mol. The van der Waals surface area contributed by atoms with Crippen LogP contribution in [-0.4, -0.2) is 104 Å². The van der Waals surface area contributed by atoms with Crippen molar-refractivity contribution in [3.05, 3.63) is 95.6 Å². The van der Waals surface area contributed by atoms with Crippen molar-refractivity contribution in [3.63, 3.8) is 0 Å². The number of hydrogen-bond donors (Lipinski definition) is 4. The first-order valence-corrected chi connectivity index (χ1v) is 24.6. The number of aromatic amines is 2. The highest BCUT2D eigenvalue weighted by molar-refractivity contribution is 5.93. The van der Waals surface area contributed by atoms with E-state index in [1.165, 1.54) is 20.3 Å². The third-order valence-corrected chi connectivity index (χ3v) is 15.0. The Morgan fingerprint density at radius 1 is 0.789 bits per heavy atom. The number of H-pyrrole nitrogens is 2. The Kier molecular flexibility index (Phi) is 11.7. The van der Waals surface area contributed by atoms with Gasteiger partial charge in [-0.15, -0.1) is 0 Å². The normalized spacial score (nSPS) is 21.7. The van der Waals surface area contributed by atoms with E-state index in [0.717, 1.165) is 71.1 Å². The minimum atomic E-state index is -0.778. The van der Waals surface area contributed by atoms with Gasteiger partial charge in [-0.1, -0.05) is 45.9 Å². The van der Waals surface area contributed by atoms with Crippen LogP contribution in [0, 0.1) is 23.6 Å². The molecule has 1 unspecified atom stereocenters. The molecule has 11 rings (SSSR count). The number of alkyl carbamates (subject to hydrolysis) is 2. The van der Waals surface area contributed by atoms with Crippen molar-refractivity contribution in [1.29, 1.82) is 0 Å². The molecule has 5 aliphatic rings. The van der Waals surface area contributed by atoms with Gasteiger partial charge in [0.2, 0.25) is 18.0 Å². The molecule has 17 nitrogen and oxygen atoms in total. The third kappa shape index (κ3) is 8.19. The van der Waals surface area contributed by atoms with Gasteiger partial charge in [0.05, 0.1) is 73.5 Å². The van der Waals surface area contributed by atoms with Gasteiger partial charge in [-0.3, -0.25) is 9.59 Å². The number of amides is 4. The number of piperidine rings is 1. The summed E-state index contributed by atoms with van der Waals surface area (Å²) >= 11 is 0. The quantitative estimate of drug-likeness (QED) is 0.0976. The van der Waals surface area contributed by atoms with E-state index in [9.17, 15) is 19.2 Å². The van der Waals surface area contributed by atoms with Gasteiger partial charge in [-0.05, 0) is 98.2 Å². The summed E-state index contributed by atoms with van der Waals surface area (Å²) in [6.45, 7) is 8.67. The molecule has 18 heteroatoms. The van der Waals surface area contributed by atoms with Gasteiger partial charge >= 0.3 is 12.2 Å². The second kappa shape index (κ2) is 18.1. The molecule has 0 bridgehead atoms. The monoisotopic (exact) mass is 967 g/mol. The van der Waals surface area contributed by atoms with Crippen LogP contribution in [0.2, 0.25) is 0 Å². The van der Waals surface area contributed by atoms with Gasteiger partial charge in [-0.2, -0.15) is 0 Å². The van der Waals surface area contributed by atoms with Gasteiger partial charge < -0.3 is 53.9 Å². The molecule has 1 aliphatic carbocycles. The zero-order valence-electron chi connectivity index (χ0n) is 40.6. The number of carbonyl (C=O) groups is 4. The summed E-state index contributed by atoms with van der Waals surface area (Å²) in [5.74, 6) is 1.61. The number of benzene rings is 3. The van der Waals surface area contributed by atoms with Gasteiger partial charge in [-0.25, -0.2) is 23.9 Å². The van der Waals surface area contributed by atoms with E-state index in [0.29, 0.717) is 65.4 Å². The number of halogens is 1. The Labute approximate surface area is 409 Å². The number of nitrogens with one attached hydrogen (secondary N) is 4. The molecule has 3 aromatic carbocycles. The summed E-state index contributed by atoms with van der Waals surface area (Å²) in [5.41, 5.74) is 6.48. The summed E-state index contributed by atoms with van der Waals surface area (Å²) in [6, 6.07) is 15.5.